The average molecular weight is 366 g/mol. The lowest BCUT2D eigenvalue weighted by Crippen LogP contribution is -2.43. The molecule has 1 aliphatic heterocycles. The quantitative estimate of drug-likeness (QED) is 0.802. The zero-order chi connectivity index (χ0) is 18.2. The normalized spacial score (nSPS) is 21.1. The van der Waals surface area contributed by atoms with Gasteiger partial charge in [0.2, 0.25) is 10.0 Å². The molecule has 2 aromatic rings. The molecule has 1 saturated heterocycles. The molecule has 2 N–H and O–H groups in total. The number of sulfonamides is 1. The van der Waals surface area contributed by atoms with Crippen LogP contribution < -0.4 is 5.32 Å². The third-order valence-electron chi connectivity index (χ3n) is 4.36. The minimum absolute atomic E-state index is 0.0519. The lowest BCUT2D eigenvalue weighted by molar-refractivity contribution is 0.0926. The van der Waals surface area contributed by atoms with E-state index < -0.39 is 10.0 Å². The van der Waals surface area contributed by atoms with Crippen molar-refractivity contribution in [1.82, 2.24) is 19.6 Å². The first-order valence-electron chi connectivity index (χ1n) is 8.01. The molecular weight excluding hydrogens is 344 g/mol. The van der Waals surface area contributed by atoms with Gasteiger partial charge in [-0.25, -0.2) is 17.7 Å². The monoisotopic (exact) mass is 366 g/mol. The summed E-state index contributed by atoms with van der Waals surface area (Å²) in [5.41, 5.74) is 2.09. The fraction of sp³-hybridized carbons (Fsp3) is 0.500. The topological polar surface area (TPSA) is 104 Å². The summed E-state index contributed by atoms with van der Waals surface area (Å²) in [6.45, 7) is 2.48. The van der Waals surface area contributed by atoms with E-state index in [2.05, 4.69) is 15.3 Å². The van der Waals surface area contributed by atoms with Crippen LogP contribution >= 0.6 is 0 Å². The van der Waals surface area contributed by atoms with Crippen molar-refractivity contribution in [3.05, 3.63) is 29.6 Å². The number of rotatable bonds is 5. The van der Waals surface area contributed by atoms with Gasteiger partial charge in [0.05, 0.1) is 36.0 Å². The Hall–Kier alpha value is -1.97. The second-order valence-corrected chi connectivity index (χ2v) is 8.72. The largest absolute Gasteiger partial charge is 0.379 e. The number of carbonyl (C=O) groups excluding carboxylic acids is 1. The number of carbonyl (C=O) groups is 1. The van der Waals surface area contributed by atoms with Crippen molar-refractivity contribution >= 4 is 27.0 Å². The van der Waals surface area contributed by atoms with E-state index >= 15 is 0 Å². The Morgan fingerprint density at radius 3 is 2.88 bits per heavy atom. The lowest BCUT2D eigenvalue weighted by atomic mass is 10.1. The molecule has 1 aliphatic rings. The van der Waals surface area contributed by atoms with Gasteiger partial charge in [-0.1, -0.05) is 0 Å². The van der Waals surface area contributed by atoms with Gasteiger partial charge in [-0.2, -0.15) is 0 Å². The second-order valence-electron chi connectivity index (χ2n) is 6.49. The molecule has 0 unspecified atom stereocenters. The van der Waals surface area contributed by atoms with Crippen molar-refractivity contribution < 1.29 is 17.9 Å². The van der Waals surface area contributed by atoms with Gasteiger partial charge in [0, 0.05) is 25.6 Å². The number of aromatic nitrogens is 2. The van der Waals surface area contributed by atoms with Crippen molar-refractivity contribution in [3.8, 4) is 0 Å². The number of hydrogen-bond donors (Lipinski definition) is 2. The van der Waals surface area contributed by atoms with Crippen LogP contribution in [-0.4, -0.2) is 67.7 Å². The van der Waals surface area contributed by atoms with E-state index in [9.17, 15) is 13.2 Å². The highest BCUT2D eigenvalue weighted by Crippen LogP contribution is 2.19. The van der Waals surface area contributed by atoms with Gasteiger partial charge in [0.15, 0.2) is 0 Å². The van der Waals surface area contributed by atoms with Gasteiger partial charge in [-0.05, 0) is 25.1 Å². The molecule has 1 aromatic heterocycles. The predicted molar refractivity (Wildman–Crippen MR) is 93.9 cm³/mol. The summed E-state index contributed by atoms with van der Waals surface area (Å²) in [5, 5.41) is 2.90. The maximum atomic E-state index is 12.5. The Morgan fingerprint density at radius 2 is 2.16 bits per heavy atom. The highest BCUT2D eigenvalue weighted by molar-refractivity contribution is 7.89. The van der Waals surface area contributed by atoms with Crippen molar-refractivity contribution in [2.45, 2.75) is 13.0 Å². The molecule has 2 atom stereocenters. The SMILES string of the molecule is Cc1nc2ccc(C(=O)N[C@H]3COC[C@H]3CS(=O)(=O)N(C)C)cc2[nH]1. The number of fused-ring (bicyclic) bond motifs is 1. The number of ether oxygens (including phenoxy) is 1. The molecule has 3 rings (SSSR count). The smallest absolute Gasteiger partial charge is 0.251 e. The van der Waals surface area contributed by atoms with Crippen LogP contribution in [0.15, 0.2) is 18.2 Å². The number of benzene rings is 1. The summed E-state index contributed by atoms with van der Waals surface area (Å²) in [6.07, 6.45) is 0. The summed E-state index contributed by atoms with van der Waals surface area (Å²) in [4.78, 5) is 19.9. The Balaban J connectivity index is 1.72. The van der Waals surface area contributed by atoms with Gasteiger partial charge in [-0.15, -0.1) is 0 Å². The highest BCUT2D eigenvalue weighted by atomic mass is 32.2. The Morgan fingerprint density at radius 1 is 1.40 bits per heavy atom. The first-order valence-corrected chi connectivity index (χ1v) is 9.62. The summed E-state index contributed by atoms with van der Waals surface area (Å²) in [6, 6.07) is 4.90. The molecule has 1 amide bonds. The number of imidazole rings is 1. The molecule has 1 fully saturated rings. The number of nitrogens with zero attached hydrogens (tertiary/aromatic N) is 2. The molecule has 0 bridgehead atoms. The Bertz CT molecular complexity index is 891. The van der Waals surface area contributed by atoms with E-state index in [1.807, 2.05) is 6.92 Å². The van der Waals surface area contributed by atoms with E-state index in [-0.39, 0.29) is 23.6 Å². The number of nitrogens with one attached hydrogen (secondary N) is 2. The van der Waals surface area contributed by atoms with Gasteiger partial charge >= 0.3 is 0 Å². The first kappa shape index (κ1) is 17.8. The van der Waals surface area contributed by atoms with Crippen molar-refractivity contribution in [2.75, 3.05) is 33.1 Å². The second kappa shape index (κ2) is 6.74. The highest BCUT2D eigenvalue weighted by Gasteiger charge is 2.34. The fourth-order valence-corrected chi connectivity index (χ4v) is 4.04. The molecule has 9 heteroatoms. The molecule has 0 radical (unpaired) electrons. The maximum Gasteiger partial charge on any atom is 0.251 e. The van der Waals surface area contributed by atoms with Crippen LogP contribution in [0.1, 0.15) is 16.2 Å². The number of hydrogen-bond acceptors (Lipinski definition) is 5. The summed E-state index contributed by atoms with van der Waals surface area (Å²) < 4.78 is 30.8. The predicted octanol–water partition coefficient (Wildman–Crippen LogP) is 0.508. The zero-order valence-electron chi connectivity index (χ0n) is 14.4. The standard InChI is InChI=1S/C16H22N4O4S/c1-10-17-13-5-4-11(6-14(13)18-10)16(21)19-15-8-24-7-12(15)9-25(22,23)20(2)3/h4-6,12,15H,7-9H2,1-3H3,(H,17,18)(H,19,21)/t12-,15-/m0/s1. The van der Waals surface area contributed by atoms with Crippen molar-refractivity contribution in [2.24, 2.45) is 5.92 Å². The van der Waals surface area contributed by atoms with E-state index in [0.29, 0.717) is 18.8 Å². The summed E-state index contributed by atoms with van der Waals surface area (Å²) in [5.74, 6) is 0.209. The molecule has 136 valence electrons. The van der Waals surface area contributed by atoms with Crippen molar-refractivity contribution in [3.63, 3.8) is 0 Å². The zero-order valence-corrected chi connectivity index (χ0v) is 15.3. The Kier molecular flexibility index (Phi) is 4.81. The van der Waals surface area contributed by atoms with Crippen LogP contribution in [0.5, 0.6) is 0 Å². The lowest BCUT2D eigenvalue weighted by Gasteiger charge is -2.21. The summed E-state index contributed by atoms with van der Waals surface area (Å²) >= 11 is 0. The van der Waals surface area contributed by atoms with Gasteiger partial charge in [0.25, 0.3) is 5.91 Å². The third-order valence-corrected chi connectivity index (χ3v) is 6.32. The number of amides is 1. The minimum Gasteiger partial charge on any atom is -0.379 e. The van der Waals surface area contributed by atoms with Gasteiger partial charge < -0.3 is 15.0 Å². The van der Waals surface area contributed by atoms with E-state index in [0.717, 1.165) is 16.9 Å². The molecule has 25 heavy (non-hydrogen) atoms. The summed E-state index contributed by atoms with van der Waals surface area (Å²) in [7, 11) is -0.352. The number of aryl methyl sites for hydroxylation is 1. The fourth-order valence-electron chi connectivity index (χ4n) is 2.87. The Labute approximate surface area is 146 Å². The van der Waals surface area contributed by atoms with Gasteiger partial charge in [0.1, 0.15) is 5.82 Å². The van der Waals surface area contributed by atoms with E-state index in [4.69, 9.17) is 4.74 Å². The molecule has 0 spiro atoms. The molecular formula is C16H22N4O4S. The molecule has 1 aromatic carbocycles. The molecule has 0 aliphatic carbocycles. The maximum absolute atomic E-state index is 12.5. The van der Waals surface area contributed by atoms with Crippen LogP contribution in [0.4, 0.5) is 0 Å². The molecule has 2 heterocycles. The minimum atomic E-state index is -3.35. The number of aromatic amines is 1. The average Bonchev–Trinajstić information content (AvgIpc) is 3.11. The van der Waals surface area contributed by atoms with E-state index in [1.54, 1.807) is 18.2 Å². The van der Waals surface area contributed by atoms with Crippen LogP contribution in [0.25, 0.3) is 11.0 Å². The van der Waals surface area contributed by atoms with Crippen LogP contribution in [-0.2, 0) is 14.8 Å². The third kappa shape index (κ3) is 3.83. The van der Waals surface area contributed by atoms with Crippen molar-refractivity contribution in [1.29, 1.82) is 0 Å². The molecule has 8 nitrogen and oxygen atoms in total. The number of H-pyrrole nitrogens is 1. The van der Waals surface area contributed by atoms with Crippen LogP contribution in [0.2, 0.25) is 0 Å². The van der Waals surface area contributed by atoms with Gasteiger partial charge in [-0.3, -0.25) is 4.79 Å². The van der Waals surface area contributed by atoms with E-state index in [1.165, 1.54) is 18.4 Å². The molecule has 0 saturated carbocycles. The first-order chi connectivity index (χ1) is 11.8. The van der Waals surface area contributed by atoms with Crippen LogP contribution in [0, 0.1) is 12.8 Å². The van der Waals surface area contributed by atoms with Crippen LogP contribution in [0.3, 0.4) is 0 Å².